The number of amides is 1. The van der Waals surface area contributed by atoms with Gasteiger partial charge < -0.3 is 13.9 Å². The van der Waals surface area contributed by atoms with Crippen LogP contribution in [-0.4, -0.2) is 25.9 Å². The topological polar surface area (TPSA) is 69.0 Å². The number of furan rings is 1. The summed E-state index contributed by atoms with van der Waals surface area (Å²) in [7, 11) is 3.15. The Hall–Kier alpha value is -3.80. The van der Waals surface area contributed by atoms with Crippen molar-refractivity contribution in [3.8, 4) is 11.5 Å². The van der Waals surface area contributed by atoms with Gasteiger partial charge in [0, 0.05) is 42.3 Å². The van der Waals surface area contributed by atoms with Crippen molar-refractivity contribution >= 4 is 17.4 Å². The minimum atomic E-state index is -0.379. The van der Waals surface area contributed by atoms with E-state index in [2.05, 4.69) is 0 Å². The second-order valence-corrected chi connectivity index (χ2v) is 8.37. The molecule has 0 N–H and O–H groups in total. The predicted octanol–water partition coefficient (Wildman–Crippen LogP) is 5.22. The zero-order valence-electron chi connectivity index (χ0n) is 18.6. The Morgan fingerprint density at radius 2 is 1.61 bits per heavy atom. The molecule has 168 valence electrons. The van der Waals surface area contributed by atoms with Gasteiger partial charge in [-0.15, -0.1) is 0 Å². The van der Waals surface area contributed by atoms with Crippen molar-refractivity contribution in [1.82, 2.24) is 0 Å². The van der Waals surface area contributed by atoms with Crippen LogP contribution in [-0.2, 0) is 9.59 Å². The first-order valence-electron chi connectivity index (χ1n) is 11.0. The molecule has 3 aromatic rings. The molecule has 5 rings (SSSR count). The quantitative estimate of drug-likeness (QED) is 0.541. The fourth-order valence-electron chi connectivity index (χ4n) is 4.95. The maximum Gasteiger partial charge on any atom is 0.232 e. The van der Waals surface area contributed by atoms with Gasteiger partial charge in [-0.2, -0.15) is 0 Å². The number of allylic oxidation sites excluding steroid dienone is 2. The highest BCUT2D eigenvalue weighted by Gasteiger charge is 2.43. The lowest BCUT2D eigenvalue weighted by atomic mass is 9.74. The number of benzene rings is 2. The zero-order valence-corrected chi connectivity index (χ0v) is 18.6. The summed E-state index contributed by atoms with van der Waals surface area (Å²) in [4.78, 5) is 28.8. The molecule has 2 atom stereocenters. The third kappa shape index (κ3) is 3.82. The third-order valence-electron chi connectivity index (χ3n) is 6.48. The summed E-state index contributed by atoms with van der Waals surface area (Å²) < 4.78 is 16.5. The van der Waals surface area contributed by atoms with Gasteiger partial charge in [-0.3, -0.25) is 14.5 Å². The first kappa shape index (κ1) is 21.1. The molecule has 2 aliphatic rings. The number of carbonyl (C=O) groups is 2. The Labute approximate surface area is 192 Å². The van der Waals surface area contributed by atoms with E-state index in [1.54, 1.807) is 49.6 Å². The van der Waals surface area contributed by atoms with Crippen LogP contribution in [0.25, 0.3) is 0 Å². The largest absolute Gasteiger partial charge is 0.497 e. The van der Waals surface area contributed by atoms with Gasteiger partial charge in [0.05, 0.1) is 32.1 Å². The number of ether oxygens (including phenoxy) is 2. The molecular weight excluding hydrogens is 418 g/mol. The average molecular weight is 443 g/mol. The van der Waals surface area contributed by atoms with Crippen molar-refractivity contribution < 1.29 is 23.5 Å². The van der Waals surface area contributed by atoms with Gasteiger partial charge in [-0.1, -0.05) is 30.3 Å². The van der Waals surface area contributed by atoms with E-state index < -0.39 is 0 Å². The van der Waals surface area contributed by atoms with E-state index in [9.17, 15) is 9.59 Å². The number of hydrogen-bond donors (Lipinski definition) is 0. The van der Waals surface area contributed by atoms with Gasteiger partial charge in [0.1, 0.15) is 17.3 Å². The maximum absolute atomic E-state index is 13.6. The maximum atomic E-state index is 13.6. The normalized spacial score (nSPS) is 20.6. The summed E-state index contributed by atoms with van der Waals surface area (Å²) in [5.74, 6) is 1.38. The van der Waals surface area contributed by atoms with Gasteiger partial charge in [-0.05, 0) is 30.0 Å². The monoisotopic (exact) mass is 443 g/mol. The first-order chi connectivity index (χ1) is 16.1. The van der Waals surface area contributed by atoms with Crippen molar-refractivity contribution in [3.63, 3.8) is 0 Å². The molecule has 33 heavy (non-hydrogen) atoms. The fourth-order valence-corrected chi connectivity index (χ4v) is 4.95. The Morgan fingerprint density at radius 1 is 0.879 bits per heavy atom. The minimum Gasteiger partial charge on any atom is -0.497 e. The minimum absolute atomic E-state index is 0.00407. The van der Waals surface area contributed by atoms with Crippen LogP contribution in [0, 0.1) is 0 Å². The zero-order chi connectivity index (χ0) is 22.9. The fraction of sp³-hybridized carbons (Fsp3) is 0.259. The van der Waals surface area contributed by atoms with Crippen LogP contribution in [0.4, 0.5) is 5.69 Å². The van der Waals surface area contributed by atoms with Gasteiger partial charge in [-0.25, -0.2) is 0 Å². The summed E-state index contributed by atoms with van der Waals surface area (Å²) in [5, 5.41) is 0. The van der Waals surface area contributed by atoms with Gasteiger partial charge >= 0.3 is 0 Å². The lowest BCUT2D eigenvalue weighted by molar-refractivity contribution is -0.120. The molecule has 0 radical (unpaired) electrons. The molecule has 0 spiro atoms. The number of nitrogens with zero attached hydrogens (tertiary/aromatic N) is 1. The standard InChI is InChI=1S/C27H25NO5/c1-31-20-13-19(14-21(15-20)32-2)28-23-11-18(17-7-4-3-5-8-17)12-24(29)27(23)22(16-26(28)30)25-9-6-10-33-25/h3-10,13-15,18,22H,11-12,16H2,1-2H3. The third-order valence-corrected chi connectivity index (χ3v) is 6.48. The number of methoxy groups -OCH3 is 2. The van der Waals surface area contributed by atoms with Crippen LogP contribution in [0.15, 0.2) is 82.6 Å². The second kappa shape index (κ2) is 8.62. The second-order valence-electron chi connectivity index (χ2n) is 8.37. The van der Waals surface area contributed by atoms with Crippen molar-refractivity contribution in [2.24, 2.45) is 0 Å². The highest BCUT2D eigenvalue weighted by atomic mass is 16.5. The van der Waals surface area contributed by atoms with Gasteiger partial charge in [0.25, 0.3) is 0 Å². The molecule has 6 heteroatoms. The van der Waals surface area contributed by atoms with Crippen LogP contribution >= 0.6 is 0 Å². The smallest absolute Gasteiger partial charge is 0.232 e. The van der Waals surface area contributed by atoms with Crippen molar-refractivity contribution in [3.05, 3.63) is 89.5 Å². The summed E-state index contributed by atoms with van der Waals surface area (Å²) in [6.45, 7) is 0. The Bertz CT molecular complexity index is 1190. The van der Waals surface area contributed by atoms with E-state index in [-0.39, 0.29) is 29.9 Å². The molecule has 1 aliphatic carbocycles. The molecule has 6 nitrogen and oxygen atoms in total. The number of rotatable bonds is 5. The summed E-state index contributed by atoms with van der Waals surface area (Å²) in [6, 6.07) is 19.0. The van der Waals surface area contributed by atoms with Crippen molar-refractivity contribution in [2.75, 3.05) is 19.1 Å². The molecule has 1 amide bonds. The molecule has 2 aromatic carbocycles. The van der Waals surface area contributed by atoms with Crippen molar-refractivity contribution in [1.29, 1.82) is 0 Å². The van der Waals surface area contributed by atoms with E-state index in [0.29, 0.717) is 41.4 Å². The predicted molar refractivity (Wildman–Crippen MR) is 124 cm³/mol. The summed E-state index contributed by atoms with van der Waals surface area (Å²) in [5.41, 5.74) is 3.11. The molecule has 2 heterocycles. The first-order valence-corrected chi connectivity index (χ1v) is 11.0. The number of Topliss-reactive ketones (excluding diaryl/α,β-unsaturated/α-hetero) is 1. The van der Waals surface area contributed by atoms with Crippen LogP contribution in [0.5, 0.6) is 11.5 Å². The SMILES string of the molecule is COc1cc(OC)cc(N2C(=O)CC(c3ccco3)C3=C2CC(c2ccccc2)CC3=O)c1. The molecular formula is C27H25NO5. The average Bonchev–Trinajstić information content (AvgIpc) is 3.38. The Kier molecular flexibility index (Phi) is 5.50. The van der Waals surface area contributed by atoms with Crippen molar-refractivity contribution in [2.45, 2.75) is 31.1 Å². The molecule has 2 unspecified atom stereocenters. The van der Waals surface area contributed by atoms with E-state index in [4.69, 9.17) is 13.9 Å². The van der Waals surface area contributed by atoms with Crippen LogP contribution in [0.2, 0.25) is 0 Å². The number of carbonyl (C=O) groups excluding carboxylic acids is 2. The number of anilines is 1. The molecule has 0 fully saturated rings. The Morgan fingerprint density at radius 3 is 2.24 bits per heavy atom. The lowest BCUT2D eigenvalue weighted by Crippen LogP contribution is -2.41. The molecule has 0 saturated heterocycles. The van der Waals surface area contributed by atoms with E-state index in [0.717, 1.165) is 11.3 Å². The van der Waals surface area contributed by atoms with Crippen LogP contribution < -0.4 is 14.4 Å². The summed E-state index contributed by atoms with van der Waals surface area (Å²) >= 11 is 0. The lowest BCUT2D eigenvalue weighted by Gasteiger charge is -2.40. The molecule has 0 bridgehead atoms. The van der Waals surface area contributed by atoms with E-state index in [1.807, 2.05) is 36.4 Å². The number of ketones is 1. The highest BCUT2D eigenvalue weighted by molar-refractivity contribution is 6.08. The molecule has 1 aromatic heterocycles. The van der Waals surface area contributed by atoms with E-state index >= 15 is 0 Å². The highest BCUT2D eigenvalue weighted by Crippen LogP contribution is 2.47. The summed E-state index contributed by atoms with van der Waals surface area (Å²) in [6.07, 6.45) is 2.73. The number of hydrogen-bond acceptors (Lipinski definition) is 5. The van der Waals surface area contributed by atoms with Gasteiger partial charge in [0.15, 0.2) is 5.78 Å². The van der Waals surface area contributed by atoms with E-state index in [1.165, 1.54) is 0 Å². The van der Waals surface area contributed by atoms with Crippen LogP contribution in [0.1, 0.15) is 42.4 Å². The molecule has 0 saturated carbocycles. The Balaban J connectivity index is 1.66. The molecule has 1 aliphatic heterocycles. The van der Waals surface area contributed by atoms with Crippen LogP contribution in [0.3, 0.4) is 0 Å². The van der Waals surface area contributed by atoms with Gasteiger partial charge in [0.2, 0.25) is 5.91 Å².